The largest absolute Gasteiger partial charge is 0.422 e. The molecule has 4 nitrogen and oxygen atoms in total. The molecule has 1 aromatic heterocycles. The van der Waals surface area contributed by atoms with E-state index in [9.17, 15) is 4.79 Å². The van der Waals surface area contributed by atoms with Crippen LogP contribution >= 0.6 is 0 Å². The van der Waals surface area contributed by atoms with Crippen LogP contribution in [0.2, 0.25) is 0 Å². The summed E-state index contributed by atoms with van der Waals surface area (Å²) in [5.74, 6) is 0. The van der Waals surface area contributed by atoms with E-state index in [2.05, 4.69) is 0 Å². The molecular formula is C15H20NO3+. The molecule has 0 saturated carbocycles. The summed E-state index contributed by atoms with van der Waals surface area (Å²) in [6.45, 7) is 5.47. The Hall–Kier alpha value is -1.65. The van der Waals surface area contributed by atoms with Gasteiger partial charge in [-0.15, -0.1) is 0 Å². The number of rotatable bonds is 4. The lowest BCUT2D eigenvalue weighted by molar-refractivity contribution is -0.893. The topological polar surface area (TPSA) is 54.9 Å². The van der Waals surface area contributed by atoms with Crippen LogP contribution in [0.1, 0.15) is 16.7 Å². The second kappa shape index (κ2) is 5.55. The highest BCUT2D eigenvalue weighted by Crippen LogP contribution is 2.22. The molecular weight excluding hydrogens is 242 g/mol. The Morgan fingerprint density at radius 3 is 2.74 bits per heavy atom. The van der Waals surface area contributed by atoms with Gasteiger partial charge in [-0.3, -0.25) is 0 Å². The van der Waals surface area contributed by atoms with Crippen LogP contribution in [-0.4, -0.2) is 25.3 Å². The molecule has 0 saturated heterocycles. The zero-order valence-electron chi connectivity index (χ0n) is 11.6. The summed E-state index contributed by atoms with van der Waals surface area (Å²) < 4.78 is 5.34. The number of benzene rings is 1. The molecule has 0 bridgehead atoms. The number of hydrogen-bond donors (Lipinski definition) is 2. The standard InChI is InChI=1S/C15H19NO3/c1-10-4-5-13-12(9-16(3)6-7-17)8-14(18)19-15(13)11(10)2/h4-5,8,17H,6-7,9H2,1-3H3/p+1. The van der Waals surface area contributed by atoms with Gasteiger partial charge in [0.1, 0.15) is 18.7 Å². The number of aliphatic hydroxyl groups excluding tert-OH is 1. The first kappa shape index (κ1) is 13.8. The Morgan fingerprint density at radius 1 is 1.32 bits per heavy atom. The molecule has 2 aromatic rings. The van der Waals surface area contributed by atoms with Crippen LogP contribution in [0, 0.1) is 13.8 Å². The SMILES string of the molecule is Cc1ccc2c(C[NH+](C)CCO)cc(=O)oc2c1C. The van der Waals surface area contributed by atoms with Crippen molar-refractivity contribution in [3.8, 4) is 0 Å². The minimum Gasteiger partial charge on any atom is -0.422 e. The molecule has 19 heavy (non-hydrogen) atoms. The average Bonchev–Trinajstić information content (AvgIpc) is 2.34. The molecule has 1 aromatic carbocycles. The lowest BCUT2D eigenvalue weighted by Crippen LogP contribution is -3.08. The second-order valence-electron chi connectivity index (χ2n) is 5.08. The Balaban J connectivity index is 2.55. The van der Waals surface area contributed by atoms with E-state index in [1.54, 1.807) is 6.07 Å². The van der Waals surface area contributed by atoms with Crippen molar-refractivity contribution in [1.82, 2.24) is 0 Å². The van der Waals surface area contributed by atoms with Crippen molar-refractivity contribution in [2.45, 2.75) is 20.4 Å². The van der Waals surface area contributed by atoms with E-state index in [0.29, 0.717) is 18.7 Å². The van der Waals surface area contributed by atoms with Gasteiger partial charge in [0.25, 0.3) is 0 Å². The molecule has 4 heteroatoms. The van der Waals surface area contributed by atoms with Gasteiger partial charge in [0.15, 0.2) is 0 Å². The third-order valence-electron chi connectivity index (χ3n) is 3.55. The van der Waals surface area contributed by atoms with Gasteiger partial charge in [0.05, 0.1) is 13.7 Å². The highest BCUT2D eigenvalue weighted by molar-refractivity contribution is 5.83. The summed E-state index contributed by atoms with van der Waals surface area (Å²) >= 11 is 0. The van der Waals surface area contributed by atoms with E-state index in [1.807, 2.05) is 33.0 Å². The molecule has 0 amide bonds. The minimum absolute atomic E-state index is 0.142. The maximum absolute atomic E-state index is 11.7. The number of fused-ring (bicyclic) bond motifs is 1. The Kier molecular flexibility index (Phi) is 4.02. The van der Waals surface area contributed by atoms with Crippen molar-refractivity contribution in [3.05, 3.63) is 45.3 Å². The maximum atomic E-state index is 11.7. The number of aryl methyl sites for hydroxylation is 2. The fraction of sp³-hybridized carbons (Fsp3) is 0.400. The summed E-state index contributed by atoms with van der Waals surface area (Å²) in [6.07, 6.45) is 0. The van der Waals surface area contributed by atoms with Crippen LogP contribution in [0.5, 0.6) is 0 Å². The van der Waals surface area contributed by atoms with Gasteiger partial charge in [-0.1, -0.05) is 12.1 Å². The Labute approximate surface area is 112 Å². The van der Waals surface area contributed by atoms with Gasteiger partial charge < -0.3 is 14.4 Å². The van der Waals surface area contributed by atoms with Crippen molar-refractivity contribution in [2.75, 3.05) is 20.2 Å². The monoisotopic (exact) mass is 262 g/mol. The molecule has 0 aliphatic carbocycles. The number of quaternary nitrogens is 1. The van der Waals surface area contributed by atoms with Gasteiger partial charge in [-0.05, 0) is 25.0 Å². The van der Waals surface area contributed by atoms with Gasteiger partial charge in [-0.2, -0.15) is 0 Å². The summed E-state index contributed by atoms with van der Waals surface area (Å²) in [5, 5.41) is 9.95. The summed E-state index contributed by atoms with van der Waals surface area (Å²) in [7, 11) is 2.00. The quantitative estimate of drug-likeness (QED) is 0.785. The Bertz CT molecular complexity index is 646. The van der Waals surface area contributed by atoms with Crippen LogP contribution in [0.4, 0.5) is 0 Å². The summed E-state index contributed by atoms with van der Waals surface area (Å²) in [6, 6.07) is 5.60. The van der Waals surface area contributed by atoms with E-state index < -0.39 is 0 Å². The molecule has 102 valence electrons. The number of aliphatic hydroxyl groups is 1. The molecule has 0 radical (unpaired) electrons. The highest BCUT2D eigenvalue weighted by Gasteiger charge is 2.12. The van der Waals surface area contributed by atoms with E-state index >= 15 is 0 Å². The third kappa shape index (κ3) is 2.85. The van der Waals surface area contributed by atoms with Crippen LogP contribution in [0.3, 0.4) is 0 Å². The van der Waals surface area contributed by atoms with E-state index in [1.165, 1.54) is 0 Å². The third-order valence-corrected chi connectivity index (χ3v) is 3.55. The summed E-state index contributed by atoms with van der Waals surface area (Å²) in [4.78, 5) is 12.8. The fourth-order valence-electron chi connectivity index (χ4n) is 2.28. The van der Waals surface area contributed by atoms with Crippen LogP contribution in [-0.2, 0) is 6.54 Å². The predicted molar refractivity (Wildman–Crippen MR) is 74.5 cm³/mol. The maximum Gasteiger partial charge on any atom is 0.336 e. The van der Waals surface area contributed by atoms with Crippen molar-refractivity contribution in [3.63, 3.8) is 0 Å². The molecule has 1 heterocycles. The van der Waals surface area contributed by atoms with Gasteiger partial charge in [-0.25, -0.2) is 4.79 Å². The van der Waals surface area contributed by atoms with Crippen LogP contribution in [0.25, 0.3) is 11.0 Å². The minimum atomic E-state index is -0.312. The lowest BCUT2D eigenvalue weighted by atomic mass is 10.0. The molecule has 1 atom stereocenters. The first-order valence-electron chi connectivity index (χ1n) is 6.48. The van der Waals surface area contributed by atoms with Crippen molar-refractivity contribution in [2.24, 2.45) is 0 Å². The smallest absolute Gasteiger partial charge is 0.336 e. The lowest BCUT2D eigenvalue weighted by Gasteiger charge is -2.14. The molecule has 0 aliphatic heterocycles. The fourth-order valence-corrected chi connectivity index (χ4v) is 2.28. The molecule has 1 unspecified atom stereocenters. The van der Waals surface area contributed by atoms with E-state index in [4.69, 9.17) is 9.52 Å². The molecule has 0 fully saturated rings. The zero-order chi connectivity index (χ0) is 14.0. The molecule has 2 N–H and O–H groups in total. The Morgan fingerprint density at radius 2 is 2.05 bits per heavy atom. The first-order valence-corrected chi connectivity index (χ1v) is 6.48. The number of likely N-dealkylation sites (N-methyl/N-ethyl adjacent to an activating group) is 1. The van der Waals surface area contributed by atoms with Gasteiger partial charge >= 0.3 is 5.63 Å². The van der Waals surface area contributed by atoms with Crippen LogP contribution in [0.15, 0.2) is 27.4 Å². The highest BCUT2D eigenvalue weighted by atomic mass is 16.4. The van der Waals surface area contributed by atoms with Gasteiger partial charge in [0.2, 0.25) is 0 Å². The molecule has 0 spiro atoms. The average molecular weight is 262 g/mol. The second-order valence-corrected chi connectivity index (χ2v) is 5.08. The first-order chi connectivity index (χ1) is 9.02. The van der Waals surface area contributed by atoms with E-state index in [-0.39, 0.29) is 12.2 Å². The number of nitrogens with one attached hydrogen (secondary N) is 1. The normalized spacial score (nSPS) is 12.8. The van der Waals surface area contributed by atoms with Gasteiger partial charge in [0, 0.05) is 17.0 Å². The molecule has 2 rings (SSSR count). The van der Waals surface area contributed by atoms with Crippen molar-refractivity contribution < 1.29 is 14.4 Å². The summed E-state index contributed by atoms with van der Waals surface area (Å²) in [5.41, 5.74) is 3.47. The molecule has 0 aliphatic rings. The van der Waals surface area contributed by atoms with Crippen molar-refractivity contribution >= 4 is 11.0 Å². The van der Waals surface area contributed by atoms with Crippen molar-refractivity contribution in [1.29, 1.82) is 0 Å². The predicted octanol–water partition coefficient (Wildman–Crippen LogP) is 0.417. The van der Waals surface area contributed by atoms with Crippen LogP contribution < -0.4 is 10.5 Å². The zero-order valence-corrected chi connectivity index (χ0v) is 11.6. The van der Waals surface area contributed by atoms with E-state index in [0.717, 1.165) is 27.0 Å². The number of hydrogen-bond acceptors (Lipinski definition) is 3.